The number of carbonyl (C=O) groups is 1. The molecule has 1 aliphatic carbocycles. The van der Waals surface area contributed by atoms with Crippen molar-refractivity contribution in [3.05, 3.63) is 11.1 Å². The molecule has 0 amide bonds. The van der Waals surface area contributed by atoms with E-state index in [9.17, 15) is 4.79 Å². The molecule has 0 aromatic heterocycles. The first-order valence-corrected chi connectivity index (χ1v) is 6.17. The molecule has 86 valence electrons. The highest BCUT2D eigenvalue weighted by molar-refractivity contribution is 5.91. The molecular weight excluding hydrogens is 188 g/mol. The van der Waals surface area contributed by atoms with Crippen LogP contribution in [0.3, 0.4) is 0 Å². The third kappa shape index (κ3) is 3.69. The first-order valence-electron chi connectivity index (χ1n) is 6.17. The van der Waals surface area contributed by atoms with Gasteiger partial charge >= 0.3 is 5.97 Å². The van der Waals surface area contributed by atoms with Crippen molar-refractivity contribution in [3.8, 4) is 0 Å². The second kappa shape index (κ2) is 6.65. The van der Waals surface area contributed by atoms with Gasteiger partial charge in [-0.2, -0.15) is 0 Å². The van der Waals surface area contributed by atoms with Gasteiger partial charge in [-0.3, -0.25) is 0 Å². The van der Waals surface area contributed by atoms with E-state index < -0.39 is 0 Å². The van der Waals surface area contributed by atoms with E-state index in [4.69, 9.17) is 4.74 Å². The summed E-state index contributed by atoms with van der Waals surface area (Å²) in [5, 5.41) is 0. The number of ether oxygens (including phenoxy) is 1. The Morgan fingerprint density at radius 3 is 2.53 bits per heavy atom. The summed E-state index contributed by atoms with van der Waals surface area (Å²) in [5.41, 5.74) is 2.25. The van der Waals surface area contributed by atoms with Crippen LogP contribution in [0.2, 0.25) is 0 Å². The van der Waals surface area contributed by atoms with Crippen molar-refractivity contribution in [2.45, 2.75) is 58.8 Å². The molecule has 15 heavy (non-hydrogen) atoms. The zero-order valence-electron chi connectivity index (χ0n) is 9.97. The molecule has 0 unspecified atom stereocenters. The molecule has 0 N–H and O–H groups in total. The summed E-state index contributed by atoms with van der Waals surface area (Å²) >= 11 is 0. The first kappa shape index (κ1) is 12.3. The van der Waals surface area contributed by atoms with E-state index in [2.05, 4.69) is 13.8 Å². The number of allylic oxidation sites excluding steroid dienone is 1. The van der Waals surface area contributed by atoms with Crippen LogP contribution in [0.1, 0.15) is 58.8 Å². The molecule has 2 nitrogen and oxygen atoms in total. The van der Waals surface area contributed by atoms with Crippen LogP contribution in [0, 0.1) is 0 Å². The molecule has 0 spiro atoms. The third-order valence-electron chi connectivity index (χ3n) is 3.01. The monoisotopic (exact) mass is 210 g/mol. The lowest BCUT2D eigenvalue weighted by atomic mass is 9.87. The van der Waals surface area contributed by atoms with Crippen molar-refractivity contribution in [1.29, 1.82) is 0 Å². The minimum absolute atomic E-state index is 0.0606. The highest BCUT2D eigenvalue weighted by Gasteiger charge is 2.22. The van der Waals surface area contributed by atoms with Gasteiger partial charge in [0.05, 0.1) is 6.61 Å². The fourth-order valence-electron chi connectivity index (χ4n) is 1.84. The highest BCUT2D eigenvalue weighted by Crippen LogP contribution is 2.30. The second-order valence-corrected chi connectivity index (χ2v) is 4.13. The Hall–Kier alpha value is -0.790. The van der Waals surface area contributed by atoms with Crippen LogP contribution in [0.5, 0.6) is 0 Å². The van der Waals surface area contributed by atoms with Crippen LogP contribution in [0.25, 0.3) is 0 Å². The van der Waals surface area contributed by atoms with Crippen molar-refractivity contribution in [1.82, 2.24) is 0 Å². The average Bonchev–Trinajstić information content (AvgIpc) is 2.16. The maximum atomic E-state index is 11.5. The van der Waals surface area contributed by atoms with Gasteiger partial charge in [0, 0.05) is 5.57 Å². The van der Waals surface area contributed by atoms with Gasteiger partial charge in [-0.15, -0.1) is 0 Å². The normalized spacial score (nSPS) is 15.1. The van der Waals surface area contributed by atoms with Crippen LogP contribution >= 0.6 is 0 Å². The number of esters is 1. The van der Waals surface area contributed by atoms with Crippen LogP contribution in [0.4, 0.5) is 0 Å². The minimum Gasteiger partial charge on any atom is -0.462 e. The van der Waals surface area contributed by atoms with Crippen molar-refractivity contribution in [2.24, 2.45) is 0 Å². The molecule has 0 radical (unpaired) electrons. The largest absolute Gasteiger partial charge is 0.462 e. The zero-order valence-corrected chi connectivity index (χ0v) is 9.97. The number of hydrogen-bond donors (Lipinski definition) is 0. The number of carbonyl (C=O) groups excluding carboxylic acids is 1. The first-order chi connectivity index (χ1) is 7.29. The fraction of sp³-hybridized carbons (Fsp3) is 0.769. The van der Waals surface area contributed by atoms with Gasteiger partial charge in [-0.25, -0.2) is 4.79 Å². The molecular formula is C13H22O2. The lowest BCUT2D eigenvalue weighted by Crippen LogP contribution is -2.17. The molecule has 0 aliphatic heterocycles. The second-order valence-electron chi connectivity index (χ2n) is 4.13. The van der Waals surface area contributed by atoms with Crippen LogP contribution in [0.15, 0.2) is 11.1 Å². The van der Waals surface area contributed by atoms with Crippen molar-refractivity contribution < 1.29 is 9.53 Å². The van der Waals surface area contributed by atoms with Gasteiger partial charge in [0.2, 0.25) is 0 Å². The van der Waals surface area contributed by atoms with Crippen LogP contribution in [-0.2, 0) is 9.53 Å². The Morgan fingerprint density at radius 1 is 1.20 bits per heavy atom. The molecule has 0 fully saturated rings. The van der Waals surface area contributed by atoms with Gasteiger partial charge < -0.3 is 4.74 Å². The quantitative estimate of drug-likeness (QED) is 0.474. The summed E-state index contributed by atoms with van der Waals surface area (Å²) in [6.45, 7) is 4.88. The maximum Gasteiger partial charge on any atom is 0.333 e. The van der Waals surface area contributed by atoms with E-state index in [0.717, 1.165) is 31.3 Å². The average molecular weight is 210 g/mol. The van der Waals surface area contributed by atoms with E-state index in [-0.39, 0.29) is 5.97 Å². The lowest BCUT2D eigenvalue weighted by molar-refractivity contribution is -0.139. The predicted molar refractivity (Wildman–Crippen MR) is 61.7 cm³/mol. The van der Waals surface area contributed by atoms with E-state index in [1.165, 1.54) is 24.8 Å². The van der Waals surface area contributed by atoms with Crippen molar-refractivity contribution >= 4 is 5.97 Å². The molecule has 0 aromatic rings. The highest BCUT2D eigenvalue weighted by atomic mass is 16.5. The van der Waals surface area contributed by atoms with Crippen molar-refractivity contribution in [2.75, 3.05) is 6.61 Å². The number of hydrogen-bond acceptors (Lipinski definition) is 2. The summed E-state index contributed by atoms with van der Waals surface area (Å²) in [6.07, 6.45) is 7.66. The van der Waals surface area contributed by atoms with E-state index in [0.29, 0.717) is 6.61 Å². The van der Waals surface area contributed by atoms with Gasteiger partial charge in [-0.1, -0.05) is 38.7 Å². The molecule has 1 aliphatic rings. The Balaban J connectivity index is 2.14. The van der Waals surface area contributed by atoms with Gasteiger partial charge in [0.25, 0.3) is 0 Å². The zero-order chi connectivity index (χ0) is 11.1. The van der Waals surface area contributed by atoms with E-state index >= 15 is 0 Å². The van der Waals surface area contributed by atoms with E-state index in [1.807, 2.05) is 0 Å². The summed E-state index contributed by atoms with van der Waals surface area (Å²) < 4.78 is 5.23. The lowest BCUT2D eigenvalue weighted by Gasteiger charge is -2.21. The summed E-state index contributed by atoms with van der Waals surface area (Å²) in [7, 11) is 0. The maximum absolute atomic E-state index is 11.5. The van der Waals surface area contributed by atoms with Gasteiger partial charge in [-0.05, 0) is 25.7 Å². The third-order valence-corrected chi connectivity index (χ3v) is 3.01. The fourth-order valence-corrected chi connectivity index (χ4v) is 1.84. The van der Waals surface area contributed by atoms with Crippen molar-refractivity contribution in [3.63, 3.8) is 0 Å². The molecule has 0 saturated carbocycles. The van der Waals surface area contributed by atoms with Gasteiger partial charge in [0.1, 0.15) is 0 Å². The summed E-state index contributed by atoms with van der Waals surface area (Å²) in [5.74, 6) is -0.0606. The Bertz CT molecular complexity index is 241. The van der Waals surface area contributed by atoms with E-state index in [1.54, 1.807) is 0 Å². The molecule has 0 aromatic carbocycles. The topological polar surface area (TPSA) is 26.3 Å². The van der Waals surface area contributed by atoms with Crippen LogP contribution in [-0.4, -0.2) is 12.6 Å². The minimum atomic E-state index is -0.0606. The molecule has 2 heteroatoms. The standard InChI is InChI=1S/C13H22O2/c1-3-5-6-7-10-15-13(14)12-9-8-11(12)4-2/h3-10H2,1-2H3. The molecule has 0 saturated heterocycles. The smallest absolute Gasteiger partial charge is 0.333 e. The number of unbranched alkanes of at least 4 members (excludes halogenated alkanes) is 3. The van der Waals surface area contributed by atoms with Crippen LogP contribution < -0.4 is 0 Å². The SMILES string of the molecule is CCCCCCOC(=O)C1=C(CC)CC1. The molecule has 0 heterocycles. The molecule has 1 rings (SSSR count). The molecule has 0 atom stereocenters. The number of rotatable bonds is 7. The Morgan fingerprint density at radius 2 is 2.00 bits per heavy atom. The molecule has 0 bridgehead atoms. The summed E-state index contributed by atoms with van der Waals surface area (Å²) in [4.78, 5) is 11.5. The summed E-state index contributed by atoms with van der Waals surface area (Å²) in [6, 6.07) is 0. The Labute approximate surface area is 92.7 Å². The Kier molecular flexibility index (Phi) is 5.44. The van der Waals surface area contributed by atoms with Gasteiger partial charge in [0.15, 0.2) is 0 Å². The predicted octanol–water partition coefficient (Wildman–Crippen LogP) is 3.61.